The van der Waals surface area contributed by atoms with E-state index in [1.165, 1.54) is 6.07 Å². The van der Waals surface area contributed by atoms with Gasteiger partial charge in [-0.2, -0.15) is 5.26 Å². The van der Waals surface area contributed by atoms with Crippen molar-refractivity contribution in [2.75, 3.05) is 0 Å². The standard InChI is InChI=1S/C12H18ClNO3/c1-2-3-4-5-6-10(8-15)7-12(13,9-14)11(16)17/h8,10H,2-7H2,1H3,(H,16,17)/p-1. The highest BCUT2D eigenvalue weighted by Gasteiger charge is 2.32. The molecular formula is C12H17ClNO3-. The zero-order valence-electron chi connectivity index (χ0n) is 9.95. The molecule has 0 aromatic carbocycles. The smallest absolute Gasteiger partial charge is 0.170 e. The van der Waals surface area contributed by atoms with E-state index in [-0.39, 0.29) is 6.42 Å². The van der Waals surface area contributed by atoms with E-state index in [0.717, 1.165) is 25.7 Å². The number of aldehydes is 1. The van der Waals surface area contributed by atoms with Crippen molar-refractivity contribution in [3.63, 3.8) is 0 Å². The zero-order chi connectivity index (χ0) is 13.3. The van der Waals surface area contributed by atoms with E-state index in [9.17, 15) is 14.7 Å². The first-order valence-corrected chi connectivity index (χ1v) is 6.14. The van der Waals surface area contributed by atoms with Gasteiger partial charge in [0.2, 0.25) is 0 Å². The number of halogens is 1. The number of unbranched alkanes of at least 4 members (excludes halogenated alkanes) is 3. The lowest BCUT2D eigenvalue weighted by atomic mass is 9.91. The second-order valence-corrected chi connectivity index (χ2v) is 4.80. The molecule has 0 spiro atoms. The Hall–Kier alpha value is -1.08. The summed E-state index contributed by atoms with van der Waals surface area (Å²) in [5.41, 5.74) is 0. The minimum absolute atomic E-state index is 0.191. The van der Waals surface area contributed by atoms with Gasteiger partial charge in [0.1, 0.15) is 6.29 Å². The molecule has 0 heterocycles. The van der Waals surface area contributed by atoms with Crippen LogP contribution in [0.4, 0.5) is 0 Å². The summed E-state index contributed by atoms with van der Waals surface area (Å²) < 4.78 is 0. The first-order valence-electron chi connectivity index (χ1n) is 5.77. The van der Waals surface area contributed by atoms with Crippen LogP contribution in [0.3, 0.4) is 0 Å². The second-order valence-electron chi connectivity index (χ2n) is 4.15. The number of nitriles is 1. The molecule has 17 heavy (non-hydrogen) atoms. The number of rotatable bonds is 9. The van der Waals surface area contributed by atoms with Crippen molar-refractivity contribution in [2.45, 2.75) is 50.3 Å². The van der Waals surface area contributed by atoms with E-state index in [0.29, 0.717) is 12.7 Å². The monoisotopic (exact) mass is 258 g/mol. The van der Waals surface area contributed by atoms with Gasteiger partial charge in [-0.3, -0.25) is 0 Å². The van der Waals surface area contributed by atoms with Crippen LogP contribution in [-0.4, -0.2) is 17.1 Å². The minimum atomic E-state index is -2.09. The third-order valence-corrected chi connectivity index (χ3v) is 3.06. The Morgan fingerprint density at radius 2 is 2.18 bits per heavy atom. The number of carboxylic acid groups (broad SMARTS) is 1. The quantitative estimate of drug-likeness (QED) is 0.356. The maximum absolute atomic E-state index is 10.8. The summed E-state index contributed by atoms with van der Waals surface area (Å²) in [7, 11) is 0. The fourth-order valence-electron chi connectivity index (χ4n) is 1.59. The number of carbonyl (C=O) groups is 2. The molecular weight excluding hydrogens is 242 g/mol. The van der Waals surface area contributed by atoms with Gasteiger partial charge in [0, 0.05) is 5.92 Å². The number of alkyl halides is 1. The number of carbonyl (C=O) groups excluding carboxylic acids is 2. The van der Waals surface area contributed by atoms with Crippen LogP contribution >= 0.6 is 11.6 Å². The molecule has 4 nitrogen and oxygen atoms in total. The van der Waals surface area contributed by atoms with E-state index in [1.807, 2.05) is 0 Å². The molecule has 0 bridgehead atoms. The van der Waals surface area contributed by atoms with Crippen LogP contribution in [0.5, 0.6) is 0 Å². The van der Waals surface area contributed by atoms with Crippen molar-refractivity contribution in [2.24, 2.45) is 5.92 Å². The third kappa shape index (κ3) is 5.69. The average Bonchev–Trinajstić information content (AvgIpc) is 2.32. The van der Waals surface area contributed by atoms with E-state index in [2.05, 4.69) is 6.92 Å². The molecule has 0 N–H and O–H groups in total. The summed E-state index contributed by atoms with van der Waals surface area (Å²) in [5.74, 6) is -2.14. The van der Waals surface area contributed by atoms with Crippen LogP contribution in [-0.2, 0) is 9.59 Å². The van der Waals surface area contributed by atoms with Gasteiger partial charge in [-0.1, -0.05) is 44.2 Å². The number of hydrogen-bond acceptors (Lipinski definition) is 4. The Bertz CT molecular complexity index is 301. The van der Waals surface area contributed by atoms with E-state index >= 15 is 0 Å². The molecule has 0 aliphatic heterocycles. The lowest BCUT2D eigenvalue weighted by molar-refractivity contribution is -0.308. The van der Waals surface area contributed by atoms with Crippen molar-refractivity contribution in [1.29, 1.82) is 5.26 Å². The molecule has 2 atom stereocenters. The highest BCUT2D eigenvalue weighted by atomic mass is 35.5. The Balaban J connectivity index is 4.25. The van der Waals surface area contributed by atoms with Gasteiger partial charge in [0.15, 0.2) is 4.87 Å². The summed E-state index contributed by atoms with van der Waals surface area (Å²) in [6.07, 6.45) is 5.04. The largest absolute Gasteiger partial charge is 0.547 e. The fraction of sp³-hybridized carbons (Fsp3) is 0.750. The molecule has 96 valence electrons. The van der Waals surface area contributed by atoms with Gasteiger partial charge in [0.25, 0.3) is 0 Å². The van der Waals surface area contributed by atoms with Crippen LogP contribution in [0, 0.1) is 17.2 Å². The normalized spacial score (nSPS) is 15.6. The highest BCUT2D eigenvalue weighted by molar-refractivity contribution is 6.35. The SMILES string of the molecule is CCCCCCC(C=O)CC(Cl)(C#N)C(=O)[O-]. The first kappa shape index (κ1) is 15.9. The summed E-state index contributed by atoms with van der Waals surface area (Å²) in [5, 5.41) is 19.4. The lowest BCUT2D eigenvalue weighted by Crippen LogP contribution is -2.44. The van der Waals surface area contributed by atoms with Crippen LogP contribution in [0.25, 0.3) is 0 Å². The minimum Gasteiger partial charge on any atom is -0.547 e. The van der Waals surface area contributed by atoms with Gasteiger partial charge in [0.05, 0.1) is 12.0 Å². The molecule has 0 saturated carbocycles. The molecule has 0 aromatic rings. The molecule has 0 aliphatic carbocycles. The Morgan fingerprint density at radius 1 is 1.53 bits per heavy atom. The Labute approximate surface area is 107 Å². The van der Waals surface area contributed by atoms with Gasteiger partial charge in [-0.25, -0.2) is 0 Å². The predicted molar refractivity (Wildman–Crippen MR) is 62.1 cm³/mol. The fourth-order valence-corrected chi connectivity index (χ4v) is 1.79. The van der Waals surface area contributed by atoms with E-state index < -0.39 is 16.8 Å². The molecule has 0 rings (SSSR count). The molecule has 0 saturated heterocycles. The third-order valence-electron chi connectivity index (χ3n) is 2.67. The van der Waals surface area contributed by atoms with Gasteiger partial charge in [-0.15, -0.1) is 0 Å². The topological polar surface area (TPSA) is 81.0 Å². The Morgan fingerprint density at radius 3 is 2.59 bits per heavy atom. The lowest BCUT2D eigenvalue weighted by Gasteiger charge is -2.23. The second kappa shape index (κ2) is 8.08. The molecule has 2 unspecified atom stereocenters. The number of carboxylic acids is 1. The molecule has 5 heteroatoms. The molecule has 0 amide bonds. The maximum Gasteiger partial charge on any atom is 0.170 e. The molecule has 0 aliphatic rings. The van der Waals surface area contributed by atoms with Crippen LogP contribution in [0.1, 0.15) is 45.4 Å². The van der Waals surface area contributed by atoms with Crippen LogP contribution in [0.15, 0.2) is 0 Å². The molecule has 0 radical (unpaired) electrons. The molecule has 0 aromatic heterocycles. The number of nitrogens with zero attached hydrogens (tertiary/aromatic N) is 1. The van der Waals surface area contributed by atoms with E-state index in [4.69, 9.17) is 16.9 Å². The summed E-state index contributed by atoms with van der Waals surface area (Å²) in [4.78, 5) is 19.4. The predicted octanol–water partition coefficient (Wildman–Crippen LogP) is 1.41. The number of hydrogen-bond donors (Lipinski definition) is 0. The summed E-state index contributed by atoms with van der Waals surface area (Å²) >= 11 is 5.59. The average molecular weight is 259 g/mol. The number of aliphatic carboxylic acids is 1. The van der Waals surface area contributed by atoms with Gasteiger partial charge >= 0.3 is 0 Å². The summed E-state index contributed by atoms with van der Waals surface area (Å²) in [6.45, 7) is 2.08. The zero-order valence-corrected chi connectivity index (χ0v) is 10.7. The van der Waals surface area contributed by atoms with Gasteiger partial charge < -0.3 is 14.7 Å². The van der Waals surface area contributed by atoms with Crippen molar-refractivity contribution >= 4 is 23.9 Å². The van der Waals surface area contributed by atoms with Crippen LogP contribution in [0.2, 0.25) is 0 Å². The maximum atomic E-state index is 10.8. The van der Waals surface area contributed by atoms with Crippen molar-refractivity contribution in [3.05, 3.63) is 0 Å². The Kier molecular flexibility index (Phi) is 7.56. The van der Waals surface area contributed by atoms with E-state index in [1.54, 1.807) is 0 Å². The van der Waals surface area contributed by atoms with Crippen molar-refractivity contribution < 1.29 is 14.7 Å². The van der Waals surface area contributed by atoms with Crippen molar-refractivity contribution in [3.8, 4) is 6.07 Å². The summed E-state index contributed by atoms with van der Waals surface area (Å²) in [6, 6.07) is 1.49. The first-order chi connectivity index (χ1) is 8.00. The van der Waals surface area contributed by atoms with Gasteiger partial charge in [-0.05, 0) is 12.8 Å². The van der Waals surface area contributed by atoms with Crippen molar-refractivity contribution in [1.82, 2.24) is 0 Å². The van der Waals surface area contributed by atoms with Crippen LogP contribution < -0.4 is 5.11 Å². The molecule has 0 fully saturated rings. The highest BCUT2D eigenvalue weighted by Crippen LogP contribution is 2.25.